The predicted molar refractivity (Wildman–Crippen MR) is 125 cm³/mol. The first kappa shape index (κ1) is 23.9. The van der Waals surface area contributed by atoms with Crippen LogP contribution in [-0.2, 0) is 30.9 Å². The standard InChI is InChI=1S/C24H27N3O6S/c1-17-7-9-19(10-8-17)34(31,32)26-20(15-18-5-3-2-4-6-18)22(28)27-13-11-24(12-14-27)16-21(23(29)30)25-33-24/h2-10,20,26H,11-16H2,1H3,(H,29,30). The van der Waals surface area contributed by atoms with Gasteiger partial charge in [0.15, 0.2) is 5.71 Å². The number of nitrogens with one attached hydrogen (secondary N) is 1. The number of amides is 1. The third-order valence-electron chi connectivity index (χ3n) is 6.28. The number of carboxylic acid groups (broad SMARTS) is 1. The molecule has 2 N–H and O–H groups in total. The number of sulfonamides is 1. The number of piperidine rings is 1. The lowest BCUT2D eigenvalue weighted by molar-refractivity contribution is -0.138. The van der Waals surface area contributed by atoms with E-state index in [1.165, 1.54) is 12.1 Å². The lowest BCUT2D eigenvalue weighted by atomic mass is 9.86. The number of likely N-dealkylation sites (tertiary alicyclic amines) is 1. The molecule has 2 aliphatic rings. The van der Waals surface area contributed by atoms with E-state index in [-0.39, 0.29) is 29.4 Å². The van der Waals surface area contributed by atoms with E-state index < -0.39 is 27.6 Å². The van der Waals surface area contributed by atoms with Crippen LogP contribution in [-0.4, -0.2) is 60.7 Å². The fourth-order valence-corrected chi connectivity index (χ4v) is 5.45. The van der Waals surface area contributed by atoms with Gasteiger partial charge in [-0.2, -0.15) is 4.72 Å². The van der Waals surface area contributed by atoms with Gasteiger partial charge in [0.2, 0.25) is 15.9 Å². The second-order valence-electron chi connectivity index (χ2n) is 8.80. The highest BCUT2D eigenvalue weighted by atomic mass is 32.2. The zero-order valence-corrected chi connectivity index (χ0v) is 19.6. The third kappa shape index (κ3) is 5.28. The molecule has 1 unspecified atom stereocenters. The van der Waals surface area contributed by atoms with E-state index in [2.05, 4.69) is 9.88 Å². The number of rotatable bonds is 7. The minimum Gasteiger partial charge on any atom is -0.477 e. The van der Waals surface area contributed by atoms with Crippen LogP contribution in [0.5, 0.6) is 0 Å². The van der Waals surface area contributed by atoms with Crippen molar-refractivity contribution in [2.75, 3.05) is 13.1 Å². The lowest BCUT2D eigenvalue weighted by Crippen LogP contribution is -2.54. The maximum absolute atomic E-state index is 13.5. The van der Waals surface area contributed by atoms with Gasteiger partial charge in [-0.05, 0) is 31.0 Å². The Balaban J connectivity index is 1.49. The quantitative estimate of drug-likeness (QED) is 0.619. The number of hydrogen-bond donors (Lipinski definition) is 2. The summed E-state index contributed by atoms with van der Waals surface area (Å²) in [6, 6.07) is 14.7. The molecule has 1 fully saturated rings. The van der Waals surface area contributed by atoms with Crippen molar-refractivity contribution in [3.05, 3.63) is 65.7 Å². The van der Waals surface area contributed by atoms with E-state index in [1.807, 2.05) is 37.3 Å². The fourth-order valence-electron chi connectivity index (χ4n) is 4.26. The molecule has 2 aromatic carbocycles. The van der Waals surface area contributed by atoms with Crippen LogP contribution in [0.4, 0.5) is 0 Å². The summed E-state index contributed by atoms with van der Waals surface area (Å²) in [5.74, 6) is -1.43. The van der Waals surface area contributed by atoms with Crippen LogP contribution >= 0.6 is 0 Å². The fraction of sp³-hybridized carbons (Fsp3) is 0.375. The summed E-state index contributed by atoms with van der Waals surface area (Å²) < 4.78 is 28.7. The minimum atomic E-state index is -3.92. The van der Waals surface area contributed by atoms with Crippen molar-refractivity contribution in [1.82, 2.24) is 9.62 Å². The van der Waals surface area contributed by atoms with Crippen molar-refractivity contribution in [3.63, 3.8) is 0 Å². The van der Waals surface area contributed by atoms with Crippen LogP contribution in [0.3, 0.4) is 0 Å². The van der Waals surface area contributed by atoms with Gasteiger partial charge in [0.25, 0.3) is 0 Å². The molecule has 9 nitrogen and oxygen atoms in total. The monoisotopic (exact) mass is 485 g/mol. The third-order valence-corrected chi connectivity index (χ3v) is 7.77. The number of hydrogen-bond acceptors (Lipinski definition) is 6. The summed E-state index contributed by atoms with van der Waals surface area (Å²) in [7, 11) is -3.92. The second kappa shape index (κ2) is 9.55. The normalized spacial score (nSPS) is 18.3. The van der Waals surface area contributed by atoms with Gasteiger partial charge in [-0.3, -0.25) is 4.79 Å². The molecular weight excluding hydrogens is 458 g/mol. The van der Waals surface area contributed by atoms with Gasteiger partial charge in [0, 0.05) is 32.4 Å². The summed E-state index contributed by atoms with van der Waals surface area (Å²) in [6.45, 7) is 2.50. The van der Waals surface area contributed by atoms with E-state index >= 15 is 0 Å². The summed E-state index contributed by atoms with van der Waals surface area (Å²) in [5.41, 5.74) is 1.02. The van der Waals surface area contributed by atoms with Crippen molar-refractivity contribution < 1.29 is 28.0 Å². The van der Waals surface area contributed by atoms with Crippen LogP contribution in [0.2, 0.25) is 0 Å². The number of nitrogens with zero attached hydrogens (tertiary/aromatic N) is 2. The first-order valence-electron chi connectivity index (χ1n) is 11.1. The Labute approximate surface area is 198 Å². The van der Waals surface area contributed by atoms with Crippen LogP contribution in [0.15, 0.2) is 64.6 Å². The molecule has 1 saturated heterocycles. The van der Waals surface area contributed by atoms with Gasteiger partial charge in [0.1, 0.15) is 11.6 Å². The first-order valence-corrected chi connectivity index (χ1v) is 12.6. The molecule has 4 rings (SSSR count). The molecule has 0 aliphatic carbocycles. The van der Waals surface area contributed by atoms with Gasteiger partial charge in [-0.15, -0.1) is 0 Å². The van der Waals surface area contributed by atoms with E-state index in [0.29, 0.717) is 25.9 Å². The summed E-state index contributed by atoms with van der Waals surface area (Å²) in [6.07, 6.45) is 1.23. The van der Waals surface area contributed by atoms with Crippen LogP contribution in [0.1, 0.15) is 30.4 Å². The number of benzene rings is 2. The number of oxime groups is 1. The van der Waals surface area contributed by atoms with Crippen molar-refractivity contribution in [1.29, 1.82) is 0 Å². The molecule has 0 radical (unpaired) electrons. The molecule has 2 heterocycles. The zero-order chi connectivity index (χ0) is 24.3. The largest absolute Gasteiger partial charge is 0.477 e. The van der Waals surface area contributed by atoms with Crippen LogP contribution < -0.4 is 4.72 Å². The number of carbonyl (C=O) groups excluding carboxylic acids is 1. The van der Waals surface area contributed by atoms with Gasteiger partial charge in [-0.25, -0.2) is 13.2 Å². The average molecular weight is 486 g/mol. The average Bonchev–Trinajstić information content (AvgIpc) is 3.23. The van der Waals surface area contributed by atoms with Crippen molar-refractivity contribution in [3.8, 4) is 0 Å². The van der Waals surface area contributed by atoms with Crippen LogP contribution in [0, 0.1) is 6.92 Å². The molecule has 0 bridgehead atoms. The molecule has 10 heteroatoms. The topological polar surface area (TPSA) is 125 Å². The van der Waals surface area contributed by atoms with Crippen molar-refractivity contribution in [2.45, 2.75) is 49.1 Å². The number of aryl methyl sites for hydroxylation is 1. The van der Waals surface area contributed by atoms with Gasteiger partial charge >= 0.3 is 5.97 Å². The highest BCUT2D eigenvalue weighted by molar-refractivity contribution is 7.89. The smallest absolute Gasteiger partial charge is 0.353 e. The van der Waals surface area contributed by atoms with Crippen molar-refractivity contribution >= 4 is 27.6 Å². The summed E-state index contributed by atoms with van der Waals surface area (Å²) in [5, 5.41) is 12.8. The molecular formula is C24H27N3O6S. The van der Waals surface area contributed by atoms with E-state index in [0.717, 1.165) is 11.1 Å². The highest BCUT2D eigenvalue weighted by Crippen LogP contribution is 2.35. The van der Waals surface area contributed by atoms with Gasteiger partial charge in [-0.1, -0.05) is 53.2 Å². The minimum absolute atomic E-state index is 0.0208. The summed E-state index contributed by atoms with van der Waals surface area (Å²) in [4.78, 5) is 31.8. The first-order chi connectivity index (χ1) is 16.2. The number of carboxylic acids is 1. The Morgan fingerprint density at radius 2 is 1.76 bits per heavy atom. The van der Waals surface area contributed by atoms with E-state index in [4.69, 9.17) is 9.94 Å². The Hall–Kier alpha value is -3.24. The summed E-state index contributed by atoms with van der Waals surface area (Å²) >= 11 is 0. The van der Waals surface area contributed by atoms with E-state index in [1.54, 1.807) is 17.0 Å². The highest BCUT2D eigenvalue weighted by Gasteiger charge is 2.45. The SMILES string of the molecule is Cc1ccc(S(=O)(=O)NC(Cc2ccccc2)C(=O)N2CCC3(CC2)CC(C(=O)O)=NO3)cc1. The Kier molecular flexibility index (Phi) is 6.72. The van der Waals surface area contributed by atoms with Gasteiger partial charge in [0.05, 0.1) is 4.90 Å². The lowest BCUT2D eigenvalue weighted by Gasteiger charge is -2.38. The predicted octanol–water partition coefficient (Wildman–Crippen LogP) is 2.11. The van der Waals surface area contributed by atoms with Crippen LogP contribution in [0.25, 0.3) is 0 Å². The number of carbonyl (C=O) groups is 2. The maximum Gasteiger partial charge on any atom is 0.353 e. The molecule has 1 amide bonds. The van der Waals surface area contributed by atoms with E-state index in [9.17, 15) is 18.0 Å². The van der Waals surface area contributed by atoms with Crippen molar-refractivity contribution in [2.24, 2.45) is 5.16 Å². The molecule has 0 saturated carbocycles. The second-order valence-corrected chi connectivity index (χ2v) is 10.5. The molecule has 0 aromatic heterocycles. The Morgan fingerprint density at radius 3 is 2.35 bits per heavy atom. The molecule has 2 aromatic rings. The number of aliphatic carboxylic acids is 1. The Bertz CT molecular complexity index is 1190. The molecule has 34 heavy (non-hydrogen) atoms. The molecule has 180 valence electrons. The maximum atomic E-state index is 13.5. The van der Waals surface area contributed by atoms with Gasteiger partial charge < -0.3 is 14.8 Å². The molecule has 1 spiro atoms. The Morgan fingerprint density at radius 1 is 1.12 bits per heavy atom. The molecule has 1 atom stereocenters. The molecule has 2 aliphatic heterocycles. The zero-order valence-electron chi connectivity index (χ0n) is 18.8.